The van der Waals surface area contributed by atoms with Gasteiger partial charge in [-0.1, -0.05) is 37.6 Å². The fraction of sp³-hybridized carbons (Fsp3) is 0.412. The van der Waals surface area contributed by atoms with E-state index < -0.39 is 0 Å². The van der Waals surface area contributed by atoms with Crippen LogP contribution in [-0.4, -0.2) is 24.5 Å². The highest BCUT2D eigenvalue weighted by atomic mass is 35.5. The summed E-state index contributed by atoms with van der Waals surface area (Å²) in [6.07, 6.45) is 1.74. The maximum Gasteiger partial charge on any atom is 0.122 e. The lowest BCUT2D eigenvalue weighted by Crippen LogP contribution is -2.35. The van der Waals surface area contributed by atoms with Crippen LogP contribution in [-0.2, 0) is 6.54 Å². The van der Waals surface area contributed by atoms with Crippen LogP contribution in [0.15, 0.2) is 47.1 Å². The van der Waals surface area contributed by atoms with Gasteiger partial charge in [-0.05, 0) is 42.9 Å². The van der Waals surface area contributed by atoms with Gasteiger partial charge in [0, 0.05) is 18.1 Å². The van der Waals surface area contributed by atoms with Crippen molar-refractivity contribution in [3.63, 3.8) is 0 Å². The Morgan fingerprint density at radius 1 is 1.14 bits per heavy atom. The molecular formula is C17H23ClN2O. The zero-order valence-corrected chi connectivity index (χ0v) is 13.4. The summed E-state index contributed by atoms with van der Waals surface area (Å²) in [7, 11) is 0. The molecule has 0 aliphatic heterocycles. The number of likely N-dealkylation sites (N-methyl/N-ethyl adjacent to an activating group) is 1. The molecule has 114 valence electrons. The third kappa shape index (κ3) is 4.60. The highest BCUT2D eigenvalue weighted by molar-refractivity contribution is 6.30. The van der Waals surface area contributed by atoms with Crippen LogP contribution in [0.1, 0.15) is 31.2 Å². The van der Waals surface area contributed by atoms with Crippen LogP contribution in [0, 0.1) is 0 Å². The second-order valence-electron chi connectivity index (χ2n) is 5.01. The molecule has 0 saturated carbocycles. The van der Waals surface area contributed by atoms with E-state index in [0.29, 0.717) is 0 Å². The molecule has 0 aliphatic carbocycles. The van der Waals surface area contributed by atoms with Crippen molar-refractivity contribution in [3.8, 4) is 0 Å². The van der Waals surface area contributed by atoms with Gasteiger partial charge in [0.05, 0.1) is 12.3 Å². The predicted octanol–water partition coefficient (Wildman–Crippen LogP) is 4.11. The zero-order valence-electron chi connectivity index (χ0n) is 12.7. The van der Waals surface area contributed by atoms with E-state index in [2.05, 4.69) is 36.2 Å². The smallest absolute Gasteiger partial charge is 0.122 e. The van der Waals surface area contributed by atoms with Gasteiger partial charge in [0.1, 0.15) is 5.76 Å². The molecule has 0 radical (unpaired) electrons. The van der Waals surface area contributed by atoms with Gasteiger partial charge in [-0.15, -0.1) is 0 Å². The minimum Gasteiger partial charge on any atom is -0.468 e. The lowest BCUT2D eigenvalue weighted by atomic mass is 10.1. The molecule has 0 fully saturated rings. The number of rotatable bonds is 8. The number of nitrogens with zero attached hydrogens (tertiary/aromatic N) is 1. The summed E-state index contributed by atoms with van der Waals surface area (Å²) in [5.41, 5.74) is 1.23. The summed E-state index contributed by atoms with van der Waals surface area (Å²) >= 11 is 5.90. The highest BCUT2D eigenvalue weighted by Gasteiger charge is 2.19. The Morgan fingerprint density at radius 2 is 1.86 bits per heavy atom. The molecule has 0 amide bonds. The first-order valence-electron chi connectivity index (χ1n) is 7.47. The second-order valence-corrected chi connectivity index (χ2v) is 5.45. The van der Waals surface area contributed by atoms with Crippen molar-refractivity contribution >= 4 is 11.6 Å². The van der Waals surface area contributed by atoms with Crippen molar-refractivity contribution in [2.75, 3.05) is 19.6 Å². The molecular weight excluding hydrogens is 284 g/mol. The van der Waals surface area contributed by atoms with Crippen molar-refractivity contribution in [1.82, 2.24) is 10.2 Å². The van der Waals surface area contributed by atoms with Crippen molar-refractivity contribution in [2.45, 2.75) is 26.4 Å². The predicted molar refractivity (Wildman–Crippen MR) is 87.5 cm³/mol. The number of hydrogen-bond donors (Lipinski definition) is 1. The molecule has 1 N–H and O–H groups in total. The quantitative estimate of drug-likeness (QED) is 0.795. The van der Waals surface area contributed by atoms with Gasteiger partial charge < -0.3 is 9.73 Å². The fourth-order valence-corrected chi connectivity index (χ4v) is 2.64. The number of benzene rings is 1. The zero-order chi connectivity index (χ0) is 15.1. The molecule has 0 bridgehead atoms. The largest absolute Gasteiger partial charge is 0.468 e. The molecule has 2 rings (SSSR count). The summed E-state index contributed by atoms with van der Waals surface area (Å²) < 4.78 is 5.60. The van der Waals surface area contributed by atoms with Crippen LogP contribution in [0.5, 0.6) is 0 Å². The minimum absolute atomic E-state index is 0.266. The summed E-state index contributed by atoms with van der Waals surface area (Å²) in [6.45, 7) is 8.06. The summed E-state index contributed by atoms with van der Waals surface area (Å²) in [4.78, 5) is 2.40. The van der Waals surface area contributed by atoms with E-state index in [9.17, 15) is 0 Å². The monoisotopic (exact) mass is 306 g/mol. The van der Waals surface area contributed by atoms with Crippen molar-refractivity contribution < 1.29 is 4.42 Å². The average Bonchev–Trinajstić information content (AvgIpc) is 3.02. The minimum atomic E-state index is 0.266. The van der Waals surface area contributed by atoms with Crippen LogP contribution >= 0.6 is 11.6 Å². The van der Waals surface area contributed by atoms with E-state index in [4.69, 9.17) is 16.0 Å². The van der Waals surface area contributed by atoms with E-state index in [1.54, 1.807) is 6.26 Å². The molecule has 4 heteroatoms. The van der Waals surface area contributed by atoms with Crippen LogP contribution in [0.2, 0.25) is 5.02 Å². The van der Waals surface area contributed by atoms with Crippen molar-refractivity contribution in [3.05, 3.63) is 59.0 Å². The van der Waals surface area contributed by atoms with E-state index in [-0.39, 0.29) is 6.04 Å². The molecule has 1 aromatic carbocycles. The highest BCUT2D eigenvalue weighted by Crippen LogP contribution is 2.20. The Kier molecular flexibility index (Phi) is 6.30. The average molecular weight is 307 g/mol. The third-order valence-electron chi connectivity index (χ3n) is 3.70. The lowest BCUT2D eigenvalue weighted by molar-refractivity contribution is 0.188. The molecule has 21 heavy (non-hydrogen) atoms. The van der Waals surface area contributed by atoms with Gasteiger partial charge in [-0.3, -0.25) is 4.90 Å². The van der Waals surface area contributed by atoms with Crippen LogP contribution in [0.4, 0.5) is 0 Å². The first-order valence-corrected chi connectivity index (χ1v) is 7.85. The summed E-state index contributed by atoms with van der Waals surface area (Å²) in [5.74, 6) is 1.02. The number of hydrogen-bond acceptors (Lipinski definition) is 3. The Hall–Kier alpha value is -1.29. The van der Waals surface area contributed by atoms with Gasteiger partial charge in [-0.2, -0.15) is 0 Å². The molecule has 1 unspecified atom stereocenters. The lowest BCUT2D eigenvalue weighted by Gasteiger charge is -2.28. The van der Waals surface area contributed by atoms with Crippen LogP contribution in [0.3, 0.4) is 0 Å². The topological polar surface area (TPSA) is 28.4 Å². The SMILES string of the molecule is CCN(CC)C(CNCc1ccc(Cl)cc1)c1ccco1. The normalized spacial score (nSPS) is 12.8. The molecule has 2 aromatic rings. The van der Waals surface area contributed by atoms with E-state index in [1.807, 2.05) is 24.3 Å². The van der Waals surface area contributed by atoms with Crippen molar-refractivity contribution in [1.29, 1.82) is 0 Å². The molecule has 3 nitrogen and oxygen atoms in total. The maximum atomic E-state index is 5.90. The second kappa shape index (κ2) is 8.23. The van der Waals surface area contributed by atoms with E-state index in [0.717, 1.165) is 37.0 Å². The van der Waals surface area contributed by atoms with Crippen LogP contribution < -0.4 is 5.32 Å². The summed E-state index contributed by atoms with van der Waals surface area (Å²) in [6, 6.07) is 12.2. The Bertz CT molecular complexity index is 506. The number of halogens is 1. The van der Waals surface area contributed by atoms with Gasteiger partial charge in [0.25, 0.3) is 0 Å². The van der Waals surface area contributed by atoms with Crippen LogP contribution in [0.25, 0.3) is 0 Å². The third-order valence-corrected chi connectivity index (χ3v) is 3.96. The molecule has 0 spiro atoms. The molecule has 0 saturated heterocycles. The van der Waals surface area contributed by atoms with E-state index >= 15 is 0 Å². The van der Waals surface area contributed by atoms with Gasteiger partial charge in [0.2, 0.25) is 0 Å². The van der Waals surface area contributed by atoms with Crippen molar-refractivity contribution in [2.24, 2.45) is 0 Å². The molecule has 0 aliphatic rings. The Balaban J connectivity index is 1.94. The summed E-state index contributed by atoms with van der Waals surface area (Å²) in [5, 5.41) is 4.29. The Morgan fingerprint density at radius 3 is 2.43 bits per heavy atom. The van der Waals surface area contributed by atoms with Gasteiger partial charge in [0.15, 0.2) is 0 Å². The number of nitrogens with one attached hydrogen (secondary N) is 1. The standard InChI is InChI=1S/C17H23ClN2O/c1-3-20(4-2)16(17-6-5-11-21-17)13-19-12-14-7-9-15(18)10-8-14/h5-11,16,19H,3-4,12-13H2,1-2H3. The first-order chi connectivity index (χ1) is 10.2. The first kappa shape index (κ1) is 16.1. The van der Waals surface area contributed by atoms with E-state index in [1.165, 1.54) is 5.56 Å². The maximum absolute atomic E-state index is 5.90. The Labute approximate surface area is 131 Å². The molecule has 1 heterocycles. The molecule has 1 aromatic heterocycles. The number of furan rings is 1. The van der Waals surface area contributed by atoms with Gasteiger partial charge in [-0.25, -0.2) is 0 Å². The van der Waals surface area contributed by atoms with Gasteiger partial charge >= 0.3 is 0 Å². The molecule has 1 atom stereocenters. The fourth-order valence-electron chi connectivity index (χ4n) is 2.51.